The summed E-state index contributed by atoms with van der Waals surface area (Å²) >= 11 is 0. The molecule has 5 heteroatoms. The standard InChI is InChI=1S/C11H16N2O2.ClH/c14-10(11-2-1-7-15-11)8-13-9-3-5-12-6-4-9;/h1-2,7,9,12-13H,3-6,8H2;1H. The number of carbonyl (C=O) groups excluding carboxylic acids is 1. The van der Waals surface area contributed by atoms with E-state index in [2.05, 4.69) is 10.6 Å². The van der Waals surface area contributed by atoms with Crippen LogP contribution in [-0.4, -0.2) is 31.5 Å². The topological polar surface area (TPSA) is 54.3 Å². The fourth-order valence-electron chi connectivity index (χ4n) is 1.79. The minimum Gasteiger partial charge on any atom is -0.461 e. The maximum atomic E-state index is 11.6. The van der Waals surface area contributed by atoms with Crippen LogP contribution in [0.1, 0.15) is 23.4 Å². The lowest BCUT2D eigenvalue weighted by Gasteiger charge is -2.23. The molecule has 0 atom stereocenters. The van der Waals surface area contributed by atoms with Crippen molar-refractivity contribution in [3.05, 3.63) is 24.2 Å². The van der Waals surface area contributed by atoms with Crippen LogP contribution in [0.5, 0.6) is 0 Å². The molecule has 0 radical (unpaired) electrons. The molecule has 0 aliphatic carbocycles. The van der Waals surface area contributed by atoms with Crippen LogP contribution in [0.15, 0.2) is 22.8 Å². The van der Waals surface area contributed by atoms with Crippen molar-refractivity contribution in [1.82, 2.24) is 10.6 Å². The monoisotopic (exact) mass is 244 g/mol. The van der Waals surface area contributed by atoms with Crippen molar-refractivity contribution in [2.45, 2.75) is 18.9 Å². The number of furan rings is 1. The molecule has 0 unspecified atom stereocenters. The zero-order valence-electron chi connectivity index (χ0n) is 9.07. The van der Waals surface area contributed by atoms with Crippen molar-refractivity contribution < 1.29 is 9.21 Å². The molecule has 0 bridgehead atoms. The molecule has 2 heterocycles. The number of hydrogen-bond acceptors (Lipinski definition) is 4. The van der Waals surface area contributed by atoms with Gasteiger partial charge < -0.3 is 15.1 Å². The van der Waals surface area contributed by atoms with Gasteiger partial charge in [-0.1, -0.05) is 0 Å². The lowest BCUT2D eigenvalue weighted by Crippen LogP contribution is -2.41. The Morgan fingerprint density at radius 1 is 1.50 bits per heavy atom. The van der Waals surface area contributed by atoms with Gasteiger partial charge in [0.2, 0.25) is 5.78 Å². The van der Waals surface area contributed by atoms with Crippen molar-refractivity contribution in [3.8, 4) is 0 Å². The summed E-state index contributed by atoms with van der Waals surface area (Å²) in [5.74, 6) is 0.468. The highest BCUT2D eigenvalue weighted by Crippen LogP contribution is 2.04. The molecule has 0 saturated carbocycles. The van der Waals surface area contributed by atoms with Crippen molar-refractivity contribution in [2.24, 2.45) is 0 Å². The van der Waals surface area contributed by atoms with Gasteiger partial charge in [0.25, 0.3) is 0 Å². The number of nitrogens with one attached hydrogen (secondary N) is 2. The highest BCUT2D eigenvalue weighted by atomic mass is 35.5. The SMILES string of the molecule is Cl.O=C(CNC1CCNCC1)c1ccco1. The fourth-order valence-corrected chi connectivity index (χ4v) is 1.79. The third-order valence-corrected chi connectivity index (χ3v) is 2.69. The number of ketones is 1. The first-order chi connectivity index (χ1) is 7.36. The van der Waals surface area contributed by atoms with E-state index < -0.39 is 0 Å². The van der Waals surface area contributed by atoms with Gasteiger partial charge >= 0.3 is 0 Å². The Balaban J connectivity index is 0.00000128. The second kappa shape index (κ2) is 6.68. The number of halogens is 1. The molecule has 90 valence electrons. The number of Topliss-reactive ketones (excluding diaryl/α,β-unsaturated/α-hetero) is 1. The van der Waals surface area contributed by atoms with Gasteiger partial charge in [-0.3, -0.25) is 4.79 Å². The zero-order valence-corrected chi connectivity index (χ0v) is 9.89. The van der Waals surface area contributed by atoms with Crippen LogP contribution < -0.4 is 10.6 Å². The van der Waals surface area contributed by atoms with Gasteiger partial charge in [0, 0.05) is 6.04 Å². The van der Waals surface area contributed by atoms with E-state index in [9.17, 15) is 4.79 Å². The molecule has 0 spiro atoms. The molecule has 0 amide bonds. The molecule has 1 aromatic rings. The Kier molecular flexibility index (Phi) is 5.52. The molecule has 1 aliphatic heterocycles. The van der Waals surface area contributed by atoms with Gasteiger partial charge in [0.15, 0.2) is 5.76 Å². The minimum absolute atomic E-state index is 0. The van der Waals surface area contributed by atoms with Gasteiger partial charge in [-0.15, -0.1) is 12.4 Å². The van der Waals surface area contributed by atoms with E-state index in [0.717, 1.165) is 25.9 Å². The highest BCUT2D eigenvalue weighted by molar-refractivity contribution is 5.94. The summed E-state index contributed by atoms with van der Waals surface area (Å²) in [6.07, 6.45) is 3.70. The van der Waals surface area contributed by atoms with Crippen molar-refractivity contribution in [1.29, 1.82) is 0 Å². The first-order valence-corrected chi connectivity index (χ1v) is 5.37. The van der Waals surface area contributed by atoms with E-state index in [1.165, 1.54) is 6.26 Å². The Morgan fingerprint density at radius 2 is 2.25 bits per heavy atom. The van der Waals surface area contributed by atoms with E-state index in [0.29, 0.717) is 18.3 Å². The molecular formula is C11H17ClN2O2. The molecule has 16 heavy (non-hydrogen) atoms. The van der Waals surface area contributed by atoms with Crippen molar-refractivity contribution in [3.63, 3.8) is 0 Å². The van der Waals surface area contributed by atoms with E-state index in [-0.39, 0.29) is 18.2 Å². The van der Waals surface area contributed by atoms with Gasteiger partial charge in [0.05, 0.1) is 12.8 Å². The van der Waals surface area contributed by atoms with Crippen molar-refractivity contribution >= 4 is 18.2 Å². The predicted molar refractivity (Wildman–Crippen MR) is 64.2 cm³/mol. The molecule has 0 aromatic carbocycles. The van der Waals surface area contributed by atoms with Gasteiger partial charge in [-0.05, 0) is 38.1 Å². The number of hydrogen-bond donors (Lipinski definition) is 2. The van der Waals surface area contributed by atoms with E-state index >= 15 is 0 Å². The summed E-state index contributed by atoms with van der Waals surface area (Å²) in [5, 5.41) is 6.55. The summed E-state index contributed by atoms with van der Waals surface area (Å²) in [7, 11) is 0. The quantitative estimate of drug-likeness (QED) is 0.783. The van der Waals surface area contributed by atoms with Crippen molar-refractivity contribution in [2.75, 3.05) is 19.6 Å². The number of carbonyl (C=O) groups is 1. The largest absolute Gasteiger partial charge is 0.461 e. The van der Waals surface area contributed by atoms with Crippen LogP contribution in [0.2, 0.25) is 0 Å². The first-order valence-electron chi connectivity index (χ1n) is 5.37. The lowest BCUT2D eigenvalue weighted by atomic mass is 10.1. The number of piperidine rings is 1. The number of rotatable bonds is 4. The third-order valence-electron chi connectivity index (χ3n) is 2.69. The summed E-state index contributed by atoms with van der Waals surface area (Å²) in [6.45, 7) is 2.44. The van der Waals surface area contributed by atoms with Crippen LogP contribution in [0.4, 0.5) is 0 Å². The second-order valence-electron chi connectivity index (χ2n) is 3.81. The Bertz CT molecular complexity index is 308. The summed E-state index contributed by atoms with van der Waals surface area (Å²) < 4.78 is 5.03. The molecule has 1 aromatic heterocycles. The highest BCUT2D eigenvalue weighted by Gasteiger charge is 2.15. The van der Waals surface area contributed by atoms with Crippen LogP contribution in [-0.2, 0) is 0 Å². The Hall–Kier alpha value is -0.840. The predicted octanol–water partition coefficient (Wildman–Crippen LogP) is 1.23. The van der Waals surface area contributed by atoms with Gasteiger partial charge in [-0.25, -0.2) is 0 Å². The third kappa shape index (κ3) is 3.63. The Morgan fingerprint density at radius 3 is 2.88 bits per heavy atom. The molecule has 4 nitrogen and oxygen atoms in total. The van der Waals surface area contributed by atoms with E-state index in [4.69, 9.17) is 4.42 Å². The van der Waals surface area contributed by atoms with Gasteiger partial charge in [-0.2, -0.15) is 0 Å². The summed E-state index contributed by atoms with van der Waals surface area (Å²) in [6, 6.07) is 3.90. The lowest BCUT2D eigenvalue weighted by molar-refractivity contribution is 0.0958. The molecule has 1 aliphatic rings. The molecule has 2 N–H and O–H groups in total. The summed E-state index contributed by atoms with van der Waals surface area (Å²) in [5.41, 5.74) is 0. The van der Waals surface area contributed by atoms with Gasteiger partial charge in [0.1, 0.15) is 0 Å². The summed E-state index contributed by atoms with van der Waals surface area (Å²) in [4.78, 5) is 11.6. The second-order valence-corrected chi connectivity index (χ2v) is 3.81. The minimum atomic E-state index is 0. The van der Waals surface area contributed by atoms with Crippen LogP contribution in [0.25, 0.3) is 0 Å². The van der Waals surface area contributed by atoms with Crippen LogP contribution in [0.3, 0.4) is 0 Å². The molecule has 1 fully saturated rings. The Labute approximate surface area is 101 Å². The van der Waals surface area contributed by atoms with Crippen LogP contribution >= 0.6 is 12.4 Å². The van der Waals surface area contributed by atoms with E-state index in [1.807, 2.05) is 0 Å². The fraction of sp³-hybridized carbons (Fsp3) is 0.545. The zero-order chi connectivity index (χ0) is 10.5. The average molecular weight is 245 g/mol. The van der Waals surface area contributed by atoms with Crippen LogP contribution in [0, 0.1) is 0 Å². The molecule has 1 saturated heterocycles. The average Bonchev–Trinajstić information content (AvgIpc) is 2.81. The maximum Gasteiger partial charge on any atom is 0.211 e. The smallest absolute Gasteiger partial charge is 0.211 e. The normalized spacial score (nSPS) is 16.8. The van der Waals surface area contributed by atoms with E-state index in [1.54, 1.807) is 12.1 Å². The first kappa shape index (κ1) is 13.2. The molecule has 2 rings (SSSR count). The molecular weight excluding hydrogens is 228 g/mol. The maximum absolute atomic E-state index is 11.6.